The molecule has 0 aromatic rings. The molecule has 0 atom stereocenters. The van der Waals surface area contributed by atoms with Gasteiger partial charge in [0.25, 0.3) is 0 Å². The Kier molecular flexibility index (Phi) is 3.76. The van der Waals surface area contributed by atoms with Gasteiger partial charge >= 0.3 is 0 Å². The number of hydrogen-bond donors (Lipinski definition) is 2. The van der Waals surface area contributed by atoms with Gasteiger partial charge in [-0.2, -0.15) is 0 Å². The topological polar surface area (TPSA) is 41.3 Å². The summed E-state index contributed by atoms with van der Waals surface area (Å²) in [6.07, 6.45) is 1.20. The molecule has 0 unspecified atom stereocenters. The lowest BCUT2D eigenvalue weighted by Crippen LogP contribution is -2.35. The first-order chi connectivity index (χ1) is 5.29. The average Bonchev–Trinajstić information content (AvgIpc) is 2.14. The van der Waals surface area contributed by atoms with Crippen LogP contribution in [0.2, 0.25) is 0 Å². The van der Waals surface area contributed by atoms with Crippen LogP contribution in [0.15, 0.2) is 0 Å². The first-order valence-electron chi connectivity index (χ1n) is 4.00. The van der Waals surface area contributed by atoms with Crippen LogP contribution in [0.1, 0.15) is 6.42 Å². The lowest BCUT2D eigenvalue weighted by atomic mass is 10.4. The number of nitrogens with zero attached hydrogens (tertiary/aromatic N) is 1. The van der Waals surface area contributed by atoms with Crippen LogP contribution in [0.3, 0.4) is 0 Å². The predicted octanol–water partition coefficient (Wildman–Crippen LogP) is -0.432. The molecule has 4 heteroatoms. The lowest BCUT2D eigenvalue weighted by Gasteiger charge is -2.17. The molecule has 0 aliphatic carbocycles. The Balaban J connectivity index is 2.25. The highest BCUT2D eigenvalue weighted by molar-refractivity contribution is 7.80. The Morgan fingerprint density at radius 2 is 2.27 bits per heavy atom. The maximum absolute atomic E-state index is 5.44. The van der Waals surface area contributed by atoms with E-state index in [1.807, 2.05) is 0 Å². The van der Waals surface area contributed by atoms with Crippen molar-refractivity contribution in [2.45, 2.75) is 6.42 Å². The smallest absolute Gasteiger partial charge is 0.0870 e. The van der Waals surface area contributed by atoms with Crippen LogP contribution in [0.5, 0.6) is 0 Å². The maximum atomic E-state index is 5.44. The van der Waals surface area contributed by atoms with Crippen molar-refractivity contribution in [1.29, 1.82) is 0 Å². The molecule has 1 saturated heterocycles. The second-order valence-corrected chi connectivity index (χ2v) is 3.37. The van der Waals surface area contributed by atoms with Gasteiger partial charge < -0.3 is 11.1 Å². The van der Waals surface area contributed by atoms with E-state index in [0.29, 0.717) is 4.99 Å². The summed E-state index contributed by atoms with van der Waals surface area (Å²) in [7, 11) is 0. The van der Waals surface area contributed by atoms with Gasteiger partial charge in [0.05, 0.1) is 4.99 Å². The van der Waals surface area contributed by atoms with Crippen molar-refractivity contribution in [3.8, 4) is 0 Å². The van der Waals surface area contributed by atoms with E-state index < -0.39 is 0 Å². The normalized spacial score (nSPS) is 21.1. The molecule has 1 aliphatic rings. The van der Waals surface area contributed by atoms with E-state index in [9.17, 15) is 0 Å². The molecule has 0 radical (unpaired) electrons. The zero-order valence-corrected chi connectivity index (χ0v) is 7.49. The summed E-state index contributed by atoms with van der Waals surface area (Å²) >= 11 is 4.84. The lowest BCUT2D eigenvalue weighted by molar-refractivity contribution is 0.334. The number of hydrogen-bond acceptors (Lipinski definition) is 3. The van der Waals surface area contributed by atoms with Gasteiger partial charge in [-0.15, -0.1) is 0 Å². The Bertz CT molecular complexity index is 130. The molecular weight excluding hydrogens is 158 g/mol. The first kappa shape index (κ1) is 8.90. The molecule has 3 nitrogen and oxygen atoms in total. The zero-order chi connectivity index (χ0) is 8.10. The largest absolute Gasteiger partial charge is 0.392 e. The molecule has 64 valence electrons. The van der Waals surface area contributed by atoms with Crippen molar-refractivity contribution in [3.63, 3.8) is 0 Å². The summed E-state index contributed by atoms with van der Waals surface area (Å²) in [6, 6.07) is 0. The summed E-state index contributed by atoms with van der Waals surface area (Å²) in [4.78, 5) is 2.90. The predicted molar refractivity (Wildman–Crippen MR) is 50.7 cm³/mol. The number of nitrogens with one attached hydrogen (secondary N) is 1. The van der Waals surface area contributed by atoms with Crippen molar-refractivity contribution in [2.75, 3.05) is 32.7 Å². The standard InChI is InChI=1S/C7H15N3S/c8-7(11)6-10-4-1-2-9-3-5-10/h9H,1-6H2,(H2,8,11). The van der Waals surface area contributed by atoms with Gasteiger partial charge in [-0.3, -0.25) is 4.90 Å². The van der Waals surface area contributed by atoms with E-state index in [-0.39, 0.29) is 0 Å². The van der Waals surface area contributed by atoms with Crippen LogP contribution in [0.25, 0.3) is 0 Å². The van der Waals surface area contributed by atoms with Crippen molar-refractivity contribution < 1.29 is 0 Å². The minimum Gasteiger partial charge on any atom is -0.392 e. The van der Waals surface area contributed by atoms with Crippen molar-refractivity contribution in [3.05, 3.63) is 0 Å². The number of rotatable bonds is 2. The van der Waals surface area contributed by atoms with Gasteiger partial charge in [-0.05, 0) is 19.5 Å². The Labute approximate surface area is 72.9 Å². The van der Waals surface area contributed by atoms with Gasteiger partial charge in [-0.25, -0.2) is 0 Å². The van der Waals surface area contributed by atoms with E-state index in [1.165, 1.54) is 6.42 Å². The van der Waals surface area contributed by atoms with Crippen LogP contribution in [0.4, 0.5) is 0 Å². The van der Waals surface area contributed by atoms with Crippen LogP contribution in [-0.4, -0.2) is 42.6 Å². The van der Waals surface area contributed by atoms with Crippen molar-refractivity contribution in [2.24, 2.45) is 5.73 Å². The molecule has 0 saturated carbocycles. The summed E-state index contributed by atoms with van der Waals surface area (Å²) in [5, 5.41) is 3.32. The first-order valence-corrected chi connectivity index (χ1v) is 4.41. The summed E-state index contributed by atoms with van der Waals surface area (Å²) in [5.74, 6) is 0. The molecule has 0 bridgehead atoms. The molecule has 1 fully saturated rings. The second-order valence-electron chi connectivity index (χ2n) is 2.85. The molecule has 11 heavy (non-hydrogen) atoms. The van der Waals surface area contributed by atoms with E-state index in [1.54, 1.807) is 0 Å². The fourth-order valence-electron chi connectivity index (χ4n) is 1.28. The third kappa shape index (κ3) is 3.65. The summed E-state index contributed by atoms with van der Waals surface area (Å²) in [5.41, 5.74) is 5.44. The Morgan fingerprint density at radius 1 is 1.45 bits per heavy atom. The van der Waals surface area contributed by atoms with Gasteiger partial charge in [0.1, 0.15) is 0 Å². The van der Waals surface area contributed by atoms with E-state index in [2.05, 4.69) is 10.2 Å². The molecule has 0 spiro atoms. The highest BCUT2D eigenvalue weighted by Gasteiger charge is 2.07. The minimum atomic E-state index is 0.604. The van der Waals surface area contributed by atoms with Crippen LogP contribution < -0.4 is 11.1 Å². The number of thiocarbonyl (C=S) groups is 1. The SMILES string of the molecule is NC(=S)CN1CCCNCC1. The van der Waals surface area contributed by atoms with E-state index >= 15 is 0 Å². The van der Waals surface area contributed by atoms with Crippen molar-refractivity contribution in [1.82, 2.24) is 10.2 Å². The van der Waals surface area contributed by atoms with Crippen LogP contribution in [0, 0.1) is 0 Å². The second kappa shape index (κ2) is 4.64. The quantitative estimate of drug-likeness (QED) is 0.556. The number of nitrogens with two attached hydrogens (primary N) is 1. The maximum Gasteiger partial charge on any atom is 0.0870 e. The molecule has 1 rings (SSSR count). The molecular formula is C7H15N3S. The monoisotopic (exact) mass is 173 g/mol. The van der Waals surface area contributed by atoms with Crippen molar-refractivity contribution >= 4 is 17.2 Å². The van der Waals surface area contributed by atoms with Gasteiger partial charge in [0, 0.05) is 19.6 Å². The van der Waals surface area contributed by atoms with Gasteiger partial charge in [0.15, 0.2) is 0 Å². The van der Waals surface area contributed by atoms with Crippen LogP contribution >= 0.6 is 12.2 Å². The highest BCUT2D eigenvalue weighted by atomic mass is 32.1. The molecule has 1 aliphatic heterocycles. The van der Waals surface area contributed by atoms with Gasteiger partial charge in [0.2, 0.25) is 0 Å². The van der Waals surface area contributed by atoms with Crippen LogP contribution in [-0.2, 0) is 0 Å². The molecule has 1 heterocycles. The fourth-order valence-corrected chi connectivity index (χ4v) is 1.46. The molecule has 0 aromatic heterocycles. The third-order valence-electron chi connectivity index (χ3n) is 1.81. The molecule has 0 amide bonds. The third-order valence-corrected chi connectivity index (χ3v) is 1.94. The Morgan fingerprint density at radius 3 is 3.00 bits per heavy atom. The minimum absolute atomic E-state index is 0.604. The fraction of sp³-hybridized carbons (Fsp3) is 0.857. The molecule has 3 N–H and O–H groups in total. The summed E-state index contributed by atoms with van der Waals surface area (Å²) in [6.45, 7) is 5.13. The zero-order valence-electron chi connectivity index (χ0n) is 6.68. The highest BCUT2D eigenvalue weighted by Crippen LogP contribution is 1.93. The van der Waals surface area contributed by atoms with E-state index in [0.717, 1.165) is 32.7 Å². The molecule has 0 aromatic carbocycles. The Hall–Kier alpha value is -0.190. The van der Waals surface area contributed by atoms with E-state index in [4.69, 9.17) is 18.0 Å². The summed E-state index contributed by atoms with van der Waals surface area (Å²) < 4.78 is 0. The van der Waals surface area contributed by atoms with Gasteiger partial charge in [-0.1, -0.05) is 12.2 Å². The average molecular weight is 173 g/mol.